The van der Waals surface area contributed by atoms with Crippen LogP contribution < -0.4 is 15.8 Å². The van der Waals surface area contributed by atoms with Crippen LogP contribution in [-0.4, -0.2) is 36.6 Å². The van der Waals surface area contributed by atoms with Crippen molar-refractivity contribution < 1.29 is 14.3 Å². The zero-order valence-electron chi connectivity index (χ0n) is 16.0. The number of anilines is 2. The fourth-order valence-corrected chi connectivity index (χ4v) is 3.38. The van der Waals surface area contributed by atoms with Gasteiger partial charge in [0.2, 0.25) is 5.91 Å². The molecule has 7 heteroatoms. The number of carbonyl (C=O) groups is 2. The number of morpholine rings is 1. The number of pyridine rings is 1. The van der Waals surface area contributed by atoms with Crippen molar-refractivity contribution in [2.75, 3.05) is 30.0 Å². The molecule has 0 spiro atoms. The van der Waals surface area contributed by atoms with Crippen LogP contribution in [0.3, 0.4) is 0 Å². The van der Waals surface area contributed by atoms with Gasteiger partial charge < -0.3 is 19.9 Å². The fraction of sp³-hybridized carbons (Fsp3) is 0.227. The van der Waals surface area contributed by atoms with Gasteiger partial charge in [-0.3, -0.25) is 14.4 Å². The lowest BCUT2D eigenvalue weighted by atomic mass is 10.1. The van der Waals surface area contributed by atoms with Gasteiger partial charge in [-0.15, -0.1) is 0 Å². The quantitative estimate of drug-likeness (QED) is 0.714. The molecule has 2 heterocycles. The van der Waals surface area contributed by atoms with E-state index in [0.717, 1.165) is 22.2 Å². The average Bonchev–Trinajstić information content (AvgIpc) is 2.70. The topological polar surface area (TPSA) is 91.5 Å². The second-order valence-corrected chi connectivity index (χ2v) is 7.07. The number of nitrogens with one attached hydrogen (secondary N) is 2. The van der Waals surface area contributed by atoms with Gasteiger partial charge in [-0.05, 0) is 60.3 Å². The van der Waals surface area contributed by atoms with Crippen molar-refractivity contribution in [2.24, 2.45) is 0 Å². The van der Waals surface area contributed by atoms with Gasteiger partial charge in [-0.1, -0.05) is 6.07 Å². The number of hydrogen-bond donors (Lipinski definition) is 2. The summed E-state index contributed by atoms with van der Waals surface area (Å²) in [6.45, 7) is 2.89. The summed E-state index contributed by atoms with van der Waals surface area (Å²) in [5.74, 6) is -0.207. The summed E-state index contributed by atoms with van der Waals surface area (Å²) >= 11 is 0. The molecule has 7 nitrogen and oxygen atoms in total. The van der Waals surface area contributed by atoms with Gasteiger partial charge in [0.25, 0.3) is 11.5 Å². The van der Waals surface area contributed by atoms with Gasteiger partial charge in [-0.25, -0.2) is 0 Å². The minimum atomic E-state index is -0.138. The minimum Gasteiger partial charge on any atom is -0.370 e. The monoisotopic (exact) mass is 391 g/mol. The van der Waals surface area contributed by atoms with Crippen molar-refractivity contribution in [3.8, 4) is 0 Å². The summed E-state index contributed by atoms with van der Waals surface area (Å²) < 4.78 is 5.14. The Kier molecular flexibility index (Phi) is 5.14. The molecule has 3 aromatic rings. The van der Waals surface area contributed by atoms with Crippen molar-refractivity contribution in [3.05, 3.63) is 70.0 Å². The van der Waals surface area contributed by atoms with Gasteiger partial charge in [0, 0.05) is 29.0 Å². The lowest BCUT2D eigenvalue weighted by Gasteiger charge is -2.26. The first-order valence-corrected chi connectivity index (χ1v) is 9.40. The van der Waals surface area contributed by atoms with Crippen LogP contribution in [0.4, 0.5) is 11.4 Å². The van der Waals surface area contributed by atoms with Crippen molar-refractivity contribution in [2.45, 2.75) is 13.3 Å². The Labute approximate surface area is 167 Å². The fourth-order valence-electron chi connectivity index (χ4n) is 3.38. The highest BCUT2D eigenvalue weighted by Gasteiger charge is 2.20. The van der Waals surface area contributed by atoms with Crippen LogP contribution in [0, 0.1) is 6.92 Å². The minimum absolute atomic E-state index is 0.0686. The molecule has 1 saturated heterocycles. The van der Waals surface area contributed by atoms with Crippen molar-refractivity contribution >= 4 is 34.1 Å². The molecule has 148 valence electrons. The van der Waals surface area contributed by atoms with E-state index in [1.165, 1.54) is 0 Å². The molecular formula is C22H21N3O4. The summed E-state index contributed by atoms with van der Waals surface area (Å²) in [4.78, 5) is 40.5. The van der Waals surface area contributed by atoms with Crippen molar-refractivity contribution in [1.29, 1.82) is 0 Å². The Balaban J connectivity index is 1.43. The number of nitrogens with zero attached hydrogens (tertiary/aromatic N) is 1. The van der Waals surface area contributed by atoms with Gasteiger partial charge in [0.15, 0.2) is 0 Å². The number of rotatable bonds is 4. The first kappa shape index (κ1) is 18.9. The molecule has 0 radical (unpaired) electrons. The predicted octanol–water partition coefficient (Wildman–Crippen LogP) is 2.38. The third-order valence-corrected chi connectivity index (χ3v) is 4.91. The van der Waals surface area contributed by atoms with Crippen LogP contribution >= 0.6 is 0 Å². The number of carbonyl (C=O) groups excluding carboxylic acids is 2. The molecule has 0 bridgehead atoms. The molecule has 0 saturated carbocycles. The Hall–Kier alpha value is -3.45. The molecule has 29 heavy (non-hydrogen) atoms. The van der Waals surface area contributed by atoms with Crippen molar-refractivity contribution in [3.63, 3.8) is 0 Å². The third-order valence-electron chi connectivity index (χ3n) is 4.91. The molecule has 2 amide bonds. The van der Waals surface area contributed by atoms with Crippen LogP contribution in [0.2, 0.25) is 0 Å². The Bertz CT molecular complexity index is 1130. The Morgan fingerprint density at radius 2 is 1.93 bits per heavy atom. The van der Waals surface area contributed by atoms with E-state index in [-0.39, 0.29) is 30.4 Å². The summed E-state index contributed by atoms with van der Waals surface area (Å²) in [5.41, 5.74) is 3.59. The zero-order valence-corrected chi connectivity index (χ0v) is 16.0. The molecule has 4 rings (SSSR count). The van der Waals surface area contributed by atoms with Gasteiger partial charge in [0.05, 0.1) is 13.0 Å². The maximum absolute atomic E-state index is 12.4. The molecular weight excluding hydrogens is 370 g/mol. The van der Waals surface area contributed by atoms with E-state index < -0.39 is 0 Å². The van der Waals surface area contributed by atoms with Crippen LogP contribution in [0.5, 0.6) is 0 Å². The van der Waals surface area contributed by atoms with E-state index in [0.29, 0.717) is 24.4 Å². The normalized spacial score (nSPS) is 14.2. The summed E-state index contributed by atoms with van der Waals surface area (Å²) in [6, 6.07) is 14.6. The standard InChI is InChI=1S/C22H21N3O4/c1-14-10-16-11-15(2-7-19(16)24-22(14)28)12-20(26)23-17-3-5-18(6-4-17)25-8-9-29-13-21(25)27/h2-7,10-11H,8-9,12-13H2,1H3,(H,23,26)(H,24,28). The predicted molar refractivity (Wildman–Crippen MR) is 111 cm³/mol. The largest absolute Gasteiger partial charge is 0.370 e. The van der Waals surface area contributed by atoms with Crippen molar-refractivity contribution in [1.82, 2.24) is 4.98 Å². The first-order valence-electron chi connectivity index (χ1n) is 9.40. The maximum atomic E-state index is 12.4. The highest BCUT2D eigenvalue weighted by Crippen LogP contribution is 2.20. The highest BCUT2D eigenvalue weighted by atomic mass is 16.5. The van der Waals surface area contributed by atoms with Crippen LogP contribution in [0.25, 0.3) is 10.9 Å². The number of hydrogen-bond acceptors (Lipinski definition) is 4. The molecule has 1 fully saturated rings. The lowest BCUT2D eigenvalue weighted by Crippen LogP contribution is -2.41. The van der Waals surface area contributed by atoms with Gasteiger partial charge in [0.1, 0.15) is 6.61 Å². The van der Waals surface area contributed by atoms with E-state index in [2.05, 4.69) is 10.3 Å². The van der Waals surface area contributed by atoms with E-state index >= 15 is 0 Å². The summed E-state index contributed by atoms with van der Waals surface area (Å²) in [7, 11) is 0. The average molecular weight is 391 g/mol. The number of benzene rings is 2. The Morgan fingerprint density at radius 3 is 2.69 bits per heavy atom. The third kappa shape index (κ3) is 4.20. The molecule has 0 unspecified atom stereocenters. The van der Waals surface area contributed by atoms with E-state index in [1.54, 1.807) is 24.0 Å². The van der Waals surface area contributed by atoms with E-state index in [4.69, 9.17) is 4.74 Å². The molecule has 2 N–H and O–H groups in total. The highest BCUT2D eigenvalue weighted by molar-refractivity contribution is 5.96. The van der Waals surface area contributed by atoms with Gasteiger partial charge >= 0.3 is 0 Å². The number of H-pyrrole nitrogens is 1. The number of aromatic amines is 1. The molecule has 1 aromatic heterocycles. The number of aromatic nitrogens is 1. The summed E-state index contributed by atoms with van der Waals surface area (Å²) in [5, 5.41) is 3.77. The number of ether oxygens (including phenoxy) is 1. The van der Waals surface area contributed by atoms with Gasteiger partial charge in [-0.2, -0.15) is 0 Å². The number of amides is 2. The van der Waals surface area contributed by atoms with Crippen LogP contribution in [0.1, 0.15) is 11.1 Å². The maximum Gasteiger partial charge on any atom is 0.253 e. The van der Waals surface area contributed by atoms with E-state index in [9.17, 15) is 14.4 Å². The lowest BCUT2D eigenvalue weighted by molar-refractivity contribution is -0.125. The second-order valence-electron chi connectivity index (χ2n) is 7.07. The molecule has 1 aliphatic rings. The summed E-state index contributed by atoms with van der Waals surface area (Å²) in [6.07, 6.45) is 0.220. The molecule has 2 aromatic carbocycles. The molecule has 0 aliphatic carbocycles. The van der Waals surface area contributed by atoms with E-state index in [1.807, 2.05) is 36.4 Å². The first-order chi connectivity index (χ1) is 14.0. The molecule has 1 aliphatic heterocycles. The number of aryl methyl sites for hydroxylation is 1. The van der Waals surface area contributed by atoms with Crippen LogP contribution in [-0.2, 0) is 20.7 Å². The van der Waals surface area contributed by atoms with Crippen LogP contribution in [0.15, 0.2) is 53.3 Å². The smallest absolute Gasteiger partial charge is 0.253 e. The second kappa shape index (κ2) is 7.89. The SMILES string of the molecule is Cc1cc2cc(CC(=O)Nc3ccc(N4CCOCC4=O)cc3)ccc2[nH]c1=O. The number of fused-ring (bicyclic) bond motifs is 1. The zero-order chi connectivity index (χ0) is 20.4. The Morgan fingerprint density at radius 1 is 1.14 bits per heavy atom. The molecule has 0 atom stereocenters.